The molecule has 5 rings (SSSR count). The first-order chi connectivity index (χ1) is 14.9. The topological polar surface area (TPSA) is 136 Å². The molecular weight excluding hydrogens is 403 g/mol. The molecule has 1 aromatic carbocycles. The number of rotatable bonds is 3. The predicted molar refractivity (Wildman–Crippen MR) is 108 cm³/mol. The highest BCUT2D eigenvalue weighted by Crippen LogP contribution is 2.55. The van der Waals surface area contributed by atoms with Crippen LogP contribution in [0.15, 0.2) is 29.0 Å². The van der Waals surface area contributed by atoms with Gasteiger partial charge in [-0.25, -0.2) is 14.2 Å². The number of nitrogens with zero attached hydrogens (tertiary/aromatic N) is 6. The minimum atomic E-state index is -0.729. The van der Waals surface area contributed by atoms with Crippen LogP contribution in [-0.4, -0.2) is 42.3 Å². The third-order valence-corrected chi connectivity index (χ3v) is 6.10. The molecule has 0 saturated carbocycles. The summed E-state index contributed by atoms with van der Waals surface area (Å²) in [6.45, 7) is 3.87. The number of fused-ring (bicyclic) bond motifs is 2. The van der Waals surface area contributed by atoms with Crippen molar-refractivity contribution in [1.29, 1.82) is 0 Å². The van der Waals surface area contributed by atoms with Gasteiger partial charge in [-0.05, 0) is 48.5 Å². The second kappa shape index (κ2) is 6.96. The molecule has 3 aromatic rings. The fourth-order valence-electron chi connectivity index (χ4n) is 4.93. The fraction of sp³-hybridized carbons (Fsp3) is 0.400. The van der Waals surface area contributed by atoms with E-state index in [2.05, 4.69) is 37.6 Å². The molecule has 2 bridgehead atoms. The van der Waals surface area contributed by atoms with Crippen molar-refractivity contribution in [1.82, 2.24) is 30.2 Å². The van der Waals surface area contributed by atoms with Crippen molar-refractivity contribution in [3.63, 3.8) is 0 Å². The molecule has 10 nitrogen and oxygen atoms in total. The summed E-state index contributed by atoms with van der Waals surface area (Å²) in [5.74, 6) is 0.520. The first kappa shape index (κ1) is 19.3. The SMILES string of the molecule is Cc1cc(F)c(NC(=O)N2[C@@H]3C[C@@H](C)CC2(c2nc(N)no2)C3)cc1-c1nccnn1. The molecule has 0 aliphatic carbocycles. The van der Waals surface area contributed by atoms with E-state index < -0.39 is 17.4 Å². The van der Waals surface area contributed by atoms with Gasteiger partial charge in [0.2, 0.25) is 0 Å². The lowest BCUT2D eigenvalue weighted by Gasteiger charge is -2.61. The molecule has 1 unspecified atom stereocenters. The molecule has 11 heteroatoms. The van der Waals surface area contributed by atoms with Gasteiger partial charge < -0.3 is 20.5 Å². The summed E-state index contributed by atoms with van der Waals surface area (Å²) in [7, 11) is 0. The lowest BCUT2D eigenvalue weighted by molar-refractivity contribution is -0.112. The number of nitrogen functional groups attached to an aromatic ring is 1. The minimum absolute atomic E-state index is 0.00603. The summed E-state index contributed by atoms with van der Waals surface area (Å²) >= 11 is 0. The minimum Gasteiger partial charge on any atom is -0.365 e. The van der Waals surface area contributed by atoms with Crippen LogP contribution in [0.3, 0.4) is 0 Å². The van der Waals surface area contributed by atoms with Gasteiger partial charge in [0, 0.05) is 24.2 Å². The summed E-state index contributed by atoms with van der Waals surface area (Å²) in [5.41, 5.74) is 6.18. The van der Waals surface area contributed by atoms with Gasteiger partial charge in [0.25, 0.3) is 11.8 Å². The van der Waals surface area contributed by atoms with E-state index in [1.165, 1.54) is 24.5 Å². The summed E-state index contributed by atoms with van der Waals surface area (Å²) in [4.78, 5) is 23.3. The molecule has 2 saturated heterocycles. The Morgan fingerprint density at radius 3 is 2.90 bits per heavy atom. The number of halogens is 1. The zero-order valence-corrected chi connectivity index (χ0v) is 17.0. The van der Waals surface area contributed by atoms with E-state index in [1.54, 1.807) is 11.8 Å². The average Bonchev–Trinajstić information content (AvgIpc) is 3.17. The number of nitrogens with one attached hydrogen (secondary N) is 1. The molecule has 2 aliphatic heterocycles. The van der Waals surface area contributed by atoms with Gasteiger partial charge in [0.05, 0.1) is 11.9 Å². The summed E-state index contributed by atoms with van der Waals surface area (Å²) in [6.07, 6.45) is 5.19. The Balaban J connectivity index is 1.46. The first-order valence-electron chi connectivity index (χ1n) is 10.0. The van der Waals surface area contributed by atoms with E-state index in [9.17, 15) is 9.18 Å². The molecule has 2 aromatic heterocycles. The summed E-state index contributed by atoms with van der Waals surface area (Å²) in [5, 5.41) is 14.2. The molecular formula is C20H21FN8O2. The zero-order chi connectivity index (χ0) is 21.8. The van der Waals surface area contributed by atoms with Gasteiger partial charge in [-0.15, -0.1) is 5.10 Å². The van der Waals surface area contributed by atoms with Crippen molar-refractivity contribution in [3.05, 3.63) is 41.8 Å². The van der Waals surface area contributed by atoms with Crippen molar-refractivity contribution in [2.45, 2.75) is 44.7 Å². The van der Waals surface area contributed by atoms with Crippen LogP contribution in [0, 0.1) is 18.7 Å². The smallest absolute Gasteiger partial charge is 0.323 e. The number of nitrogens with two attached hydrogens (primary N) is 1. The number of amides is 2. The Bertz CT molecular complexity index is 1150. The molecule has 160 valence electrons. The third kappa shape index (κ3) is 3.07. The molecule has 2 fully saturated rings. The lowest BCUT2D eigenvalue weighted by Crippen LogP contribution is -2.70. The Hall–Kier alpha value is -3.63. The number of aromatic nitrogens is 5. The number of carbonyl (C=O) groups is 1. The second-order valence-corrected chi connectivity index (χ2v) is 8.31. The number of benzene rings is 1. The molecule has 31 heavy (non-hydrogen) atoms. The standard InChI is InChI=1S/C20H21FN8O2/c1-10-5-12-9-20(8-10,17-26-18(22)28-31-17)29(12)19(30)25-15-7-13(11(2)6-14(15)21)16-23-3-4-24-27-16/h3-4,6-7,10,12H,5,8-9H2,1-2H3,(H2,22,28)(H,25,30)/t10-,12-,20?/m1/s1. The summed E-state index contributed by atoms with van der Waals surface area (Å²) < 4.78 is 20.1. The third-order valence-electron chi connectivity index (χ3n) is 6.10. The van der Waals surface area contributed by atoms with Crippen molar-refractivity contribution in [3.8, 4) is 11.4 Å². The Morgan fingerprint density at radius 2 is 2.19 bits per heavy atom. The Morgan fingerprint density at radius 1 is 1.35 bits per heavy atom. The van der Waals surface area contributed by atoms with Crippen LogP contribution in [0.5, 0.6) is 0 Å². The van der Waals surface area contributed by atoms with Gasteiger partial charge in [0.15, 0.2) is 5.82 Å². The molecule has 2 aliphatic rings. The molecule has 3 atom stereocenters. The number of carbonyl (C=O) groups excluding carboxylic acids is 1. The summed E-state index contributed by atoms with van der Waals surface area (Å²) in [6, 6.07) is 2.44. The van der Waals surface area contributed by atoms with Crippen molar-refractivity contribution in [2.24, 2.45) is 5.92 Å². The molecule has 4 heterocycles. The van der Waals surface area contributed by atoms with Crippen LogP contribution in [0.2, 0.25) is 0 Å². The quantitative estimate of drug-likeness (QED) is 0.655. The van der Waals surface area contributed by atoms with Crippen LogP contribution in [0.4, 0.5) is 20.8 Å². The van der Waals surface area contributed by atoms with Crippen LogP contribution >= 0.6 is 0 Å². The van der Waals surface area contributed by atoms with Crippen molar-refractivity contribution in [2.75, 3.05) is 11.1 Å². The number of aryl methyl sites for hydroxylation is 1. The first-order valence-corrected chi connectivity index (χ1v) is 10.0. The van der Waals surface area contributed by atoms with E-state index >= 15 is 0 Å². The zero-order valence-electron chi connectivity index (χ0n) is 17.0. The Labute approximate surface area is 177 Å². The van der Waals surface area contributed by atoms with Gasteiger partial charge in [-0.3, -0.25) is 0 Å². The van der Waals surface area contributed by atoms with E-state index in [4.69, 9.17) is 10.3 Å². The van der Waals surface area contributed by atoms with Crippen molar-refractivity contribution >= 4 is 17.7 Å². The highest BCUT2D eigenvalue weighted by molar-refractivity contribution is 5.92. The number of hydrogen-bond acceptors (Lipinski definition) is 8. The fourth-order valence-corrected chi connectivity index (χ4v) is 4.93. The monoisotopic (exact) mass is 424 g/mol. The van der Waals surface area contributed by atoms with Gasteiger partial charge in [-0.2, -0.15) is 10.1 Å². The molecule has 0 radical (unpaired) electrons. The van der Waals surface area contributed by atoms with Gasteiger partial charge in [0.1, 0.15) is 11.4 Å². The van der Waals surface area contributed by atoms with Gasteiger partial charge in [-0.1, -0.05) is 6.92 Å². The van der Waals surface area contributed by atoms with E-state index in [-0.39, 0.29) is 17.7 Å². The highest BCUT2D eigenvalue weighted by atomic mass is 19.1. The van der Waals surface area contributed by atoms with E-state index in [1.807, 2.05) is 0 Å². The lowest BCUT2D eigenvalue weighted by atomic mass is 9.64. The number of hydrogen-bond donors (Lipinski definition) is 2. The Kier molecular flexibility index (Phi) is 4.34. The maximum Gasteiger partial charge on any atom is 0.323 e. The number of anilines is 2. The average molecular weight is 424 g/mol. The maximum absolute atomic E-state index is 14.7. The number of piperidine rings is 1. The predicted octanol–water partition coefficient (Wildman–Crippen LogP) is 2.88. The van der Waals surface area contributed by atoms with Gasteiger partial charge >= 0.3 is 6.03 Å². The van der Waals surface area contributed by atoms with E-state index in [0.717, 1.165) is 6.42 Å². The number of urea groups is 1. The normalized spacial score (nSPS) is 24.5. The largest absolute Gasteiger partial charge is 0.365 e. The van der Waals surface area contributed by atoms with Crippen LogP contribution in [-0.2, 0) is 5.54 Å². The molecule has 0 spiro atoms. The van der Waals surface area contributed by atoms with Crippen molar-refractivity contribution < 1.29 is 13.7 Å². The van der Waals surface area contributed by atoms with Crippen LogP contribution < -0.4 is 11.1 Å². The molecule has 3 N–H and O–H groups in total. The highest BCUT2D eigenvalue weighted by Gasteiger charge is 2.62. The second-order valence-electron chi connectivity index (χ2n) is 8.31. The van der Waals surface area contributed by atoms with Crippen LogP contribution in [0.1, 0.15) is 37.6 Å². The maximum atomic E-state index is 14.7. The van der Waals surface area contributed by atoms with Crippen LogP contribution in [0.25, 0.3) is 11.4 Å². The van der Waals surface area contributed by atoms with E-state index in [0.29, 0.717) is 41.6 Å². The molecule has 2 amide bonds.